The van der Waals surface area contributed by atoms with Crippen LogP contribution in [0.2, 0.25) is 0 Å². The van der Waals surface area contributed by atoms with Crippen LogP contribution >= 0.6 is 0 Å². The molecule has 0 saturated carbocycles. The number of rotatable bonds is 7. The van der Waals surface area contributed by atoms with Crippen molar-refractivity contribution in [1.29, 1.82) is 0 Å². The molecule has 0 amide bonds. The quantitative estimate of drug-likeness (QED) is 0.467. The Hall–Kier alpha value is -1.78. The Labute approximate surface area is 144 Å². The average Bonchev–Trinajstić information content (AvgIpc) is 2.88. The zero-order valence-corrected chi connectivity index (χ0v) is 14.3. The van der Waals surface area contributed by atoms with Gasteiger partial charge in [-0.3, -0.25) is 14.3 Å². The number of aliphatic hydroxyl groups is 2. The molecule has 0 spiro atoms. The fourth-order valence-corrected chi connectivity index (χ4v) is 2.86. The molecule has 140 valence electrons. The third-order valence-electron chi connectivity index (χ3n) is 4.32. The van der Waals surface area contributed by atoms with Crippen molar-refractivity contribution in [1.82, 2.24) is 9.55 Å². The lowest BCUT2D eigenvalue weighted by Crippen LogP contribution is -2.40. The van der Waals surface area contributed by atoms with E-state index in [9.17, 15) is 19.8 Å². The Balaban J connectivity index is 2.38. The Bertz CT molecular complexity index is 727. The molecule has 0 bridgehead atoms. The van der Waals surface area contributed by atoms with Gasteiger partial charge >= 0.3 is 5.69 Å². The highest BCUT2D eigenvalue weighted by Crippen LogP contribution is 2.30. The zero-order chi connectivity index (χ0) is 18.7. The van der Waals surface area contributed by atoms with Crippen molar-refractivity contribution in [3.63, 3.8) is 0 Å². The lowest BCUT2D eigenvalue weighted by atomic mass is 10.0. The van der Waals surface area contributed by atoms with Crippen LogP contribution in [0.1, 0.15) is 37.6 Å². The van der Waals surface area contributed by atoms with Gasteiger partial charge in [0.2, 0.25) is 0 Å². The summed E-state index contributed by atoms with van der Waals surface area (Å²) in [6, 6.07) is -0.590. The number of hydrogen-bond acceptors (Lipinski definition) is 7. The Morgan fingerprint density at radius 2 is 2.24 bits per heavy atom. The van der Waals surface area contributed by atoms with E-state index in [-0.39, 0.29) is 5.56 Å². The number of H-pyrrole nitrogens is 1. The maximum absolute atomic E-state index is 12.2. The van der Waals surface area contributed by atoms with Crippen molar-refractivity contribution >= 4 is 0 Å². The molecule has 2 rings (SSSR count). The van der Waals surface area contributed by atoms with Crippen molar-refractivity contribution in [3.8, 4) is 0 Å². The Morgan fingerprint density at radius 3 is 2.80 bits per heavy atom. The first-order valence-corrected chi connectivity index (χ1v) is 8.02. The lowest BCUT2D eigenvalue weighted by molar-refractivity contribution is -0.0627. The van der Waals surface area contributed by atoms with Gasteiger partial charge in [-0.2, -0.15) is 0 Å². The second-order valence-corrected chi connectivity index (χ2v) is 6.29. The van der Waals surface area contributed by atoms with Gasteiger partial charge in [0.15, 0.2) is 6.23 Å². The number of aliphatic hydroxyl groups excluding tert-OH is 2. The number of nitrogens with two attached hydrogens (primary N) is 1. The van der Waals surface area contributed by atoms with E-state index < -0.39 is 48.4 Å². The van der Waals surface area contributed by atoms with Gasteiger partial charge in [-0.1, -0.05) is 5.57 Å². The lowest BCUT2D eigenvalue weighted by Gasteiger charge is -2.21. The Morgan fingerprint density at radius 1 is 1.56 bits per heavy atom. The summed E-state index contributed by atoms with van der Waals surface area (Å²) >= 11 is 0. The summed E-state index contributed by atoms with van der Waals surface area (Å²) in [6.07, 6.45) is -1.40. The molecule has 1 aliphatic rings. The third kappa shape index (κ3) is 4.07. The molecule has 0 aliphatic carbocycles. The van der Waals surface area contributed by atoms with Crippen LogP contribution in [-0.4, -0.2) is 51.8 Å². The van der Waals surface area contributed by atoms with Crippen LogP contribution in [0.25, 0.3) is 0 Å². The normalized spacial score (nSPS) is 27.4. The van der Waals surface area contributed by atoms with Crippen LogP contribution in [0.4, 0.5) is 0 Å². The van der Waals surface area contributed by atoms with Crippen molar-refractivity contribution < 1.29 is 19.7 Å². The highest BCUT2D eigenvalue weighted by molar-refractivity contribution is 5.12. The summed E-state index contributed by atoms with van der Waals surface area (Å²) in [5.41, 5.74) is 5.96. The molecule has 1 aromatic heterocycles. The number of nitrogens with one attached hydrogen (secondary N) is 1. The number of nitrogens with zero attached hydrogens (tertiary/aromatic N) is 1. The van der Waals surface area contributed by atoms with Gasteiger partial charge in [0, 0.05) is 19.3 Å². The maximum atomic E-state index is 12.2. The molecule has 0 radical (unpaired) electrons. The summed E-state index contributed by atoms with van der Waals surface area (Å²) in [6.45, 7) is 5.24. The minimum atomic E-state index is -1.11. The van der Waals surface area contributed by atoms with Crippen LogP contribution in [0.15, 0.2) is 27.9 Å². The summed E-state index contributed by atoms with van der Waals surface area (Å²) in [4.78, 5) is 26.5. The van der Waals surface area contributed by atoms with E-state index in [2.05, 4.69) is 11.6 Å². The van der Waals surface area contributed by atoms with Gasteiger partial charge in [-0.25, -0.2) is 4.79 Å². The topological polar surface area (TPSA) is 140 Å². The van der Waals surface area contributed by atoms with Crippen LogP contribution in [0.3, 0.4) is 0 Å². The molecular weight excluding hydrogens is 330 g/mol. The van der Waals surface area contributed by atoms with Crippen LogP contribution in [-0.2, 0) is 9.47 Å². The second kappa shape index (κ2) is 8.07. The Kier molecular flexibility index (Phi) is 6.31. The molecule has 25 heavy (non-hydrogen) atoms. The number of methoxy groups -OCH3 is 1. The van der Waals surface area contributed by atoms with E-state index in [0.717, 1.165) is 10.1 Å². The van der Waals surface area contributed by atoms with Gasteiger partial charge in [0.1, 0.15) is 18.3 Å². The zero-order valence-electron chi connectivity index (χ0n) is 14.3. The van der Waals surface area contributed by atoms with Crippen molar-refractivity contribution in [3.05, 3.63) is 44.8 Å². The van der Waals surface area contributed by atoms with Gasteiger partial charge in [0.25, 0.3) is 5.56 Å². The van der Waals surface area contributed by atoms with Crippen molar-refractivity contribution in [2.45, 2.75) is 50.3 Å². The highest BCUT2D eigenvalue weighted by atomic mass is 16.6. The molecule has 5 N–H and O–H groups in total. The van der Waals surface area contributed by atoms with Crippen LogP contribution < -0.4 is 17.0 Å². The molecule has 5 atom stereocenters. The summed E-state index contributed by atoms with van der Waals surface area (Å²) < 4.78 is 11.9. The van der Waals surface area contributed by atoms with Crippen LogP contribution in [0, 0.1) is 0 Å². The van der Waals surface area contributed by atoms with E-state index in [0.29, 0.717) is 12.8 Å². The van der Waals surface area contributed by atoms with E-state index in [1.54, 1.807) is 0 Å². The van der Waals surface area contributed by atoms with Gasteiger partial charge in [-0.05, 0) is 19.8 Å². The summed E-state index contributed by atoms with van der Waals surface area (Å²) in [5.74, 6) is 0. The van der Waals surface area contributed by atoms with E-state index >= 15 is 0 Å². The van der Waals surface area contributed by atoms with E-state index in [4.69, 9.17) is 15.2 Å². The maximum Gasteiger partial charge on any atom is 0.330 e. The molecular formula is C16H25N3O6. The molecule has 9 heteroatoms. The predicted molar refractivity (Wildman–Crippen MR) is 90.1 cm³/mol. The molecule has 1 fully saturated rings. The summed E-state index contributed by atoms with van der Waals surface area (Å²) in [7, 11) is 1.36. The molecule has 9 nitrogen and oxygen atoms in total. The molecule has 1 aliphatic heterocycles. The molecule has 1 saturated heterocycles. The first kappa shape index (κ1) is 19.5. The molecule has 1 aromatic rings. The van der Waals surface area contributed by atoms with Crippen molar-refractivity contribution in [2.75, 3.05) is 13.7 Å². The monoisotopic (exact) mass is 355 g/mol. The molecule has 2 heterocycles. The number of ether oxygens (including phenoxy) is 2. The largest absolute Gasteiger partial charge is 0.394 e. The van der Waals surface area contributed by atoms with Crippen molar-refractivity contribution in [2.24, 2.45) is 5.73 Å². The SMILES string of the molecule is C=C(C)CCC(N)c1cn([C@@H]2O[C@H](CO)[C@@H](O)[C@H]2OC)c(=O)[nH]c1=O. The predicted octanol–water partition coefficient (Wildman–Crippen LogP) is -0.842. The minimum Gasteiger partial charge on any atom is -0.394 e. The number of aromatic amines is 1. The van der Waals surface area contributed by atoms with Gasteiger partial charge in [-0.15, -0.1) is 6.58 Å². The van der Waals surface area contributed by atoms with E-state index in [1.807, 2.05) is 6.92 Å². The number of allylic oxidation sites excluding steroid dienone is 1. The van der Waals surface area contributed by atoms with Gasteiger partial charge in [0.05, 0.1) is 12.2 Å². The van der Waals surface area contributed by atoms with Crippen LogP contribution in [0.5, 0.6) is 0 Å². The summed E-state index contributed by atoms with van der Waals surface area (Å²) in [5, 5.41) is 19.4. The highest BCUT2D eigenvalue weighted by Gasteiger charge is 2.45. The number of aromatic nitrogens is 2. The average molecular weight is 355 g/mol. The second-order valence-electron chi connectivity index (χ2n) is 6.29. The minimum absolute atomic E-state index is 0.223. The smallest absolute Gasteiger partial charge is 0.330 e. The first-order valence-electron chi connectivity index (χ1n) is 8.02. The fraction of sp³-hybridized carbons (Fsp3) is 0.625. The number of hydrogen-bond donors (Lipinski definition) is 4. The standard InChI is InChI=1S/C16H25N3O6/c1-8(2)4-5-10(17)9-6-19(16(23)18-14(9)22)15-13(24-3)12(21)11(7-20)25-15/h6,10-13,15,20-21H,1,4-5,7,17H2,2-3H3,(H,18,22,23)/t10?,11-,12-,13-,15-/m1/s1. The first-order chi connectivity index (χ1) is 11.8. The fourth-order valence-electron chi connectivity index (χ4n) is 2.86. The third-order valence-corrected chi connectivity index (χ3v) is 4.32. The van der Waals surface area contributed by atoms with E-state index in [1.165, 1.54) is 13.3 Å². The van der Waals surface area contributed by atoms with Gasteiger partial charge < -0.3 is 25.4 Å². The molecule has 0 aromatic carbocycles. The molecule has 1 unspecified atom stereocenters.